The van der Waals surface area contributed by atoms with Crippen molar-refractivity contribution in [3.63, 3.8) is 0 Å². The third-order valence-electron chi connectivity index (χ3n) is 4.72. The number of likely N-dealkylation sites (tertiary alicyclic amines) is 1. The first-order chi connectivity index (χ1) is 12.4. The minimum Gasteiger partial charge on any atom is -0.466 e. The van der Waals surface area contributed by atoms with E-state index in [1.807, 2.05) is 0 Å². The molecule has 1 heterocycles. The Morgan fingerprint density at radius 2 is 1.96 bits per heavy atom. The van der Waals surface area contributed by atoms with Crippen LogP contribution < -0.4 is 0 Å². The van der Waals surface area contributed by atoms with Crippen LogP contribution in [0.3, 0.4) is 0 Å². The summed E-state index contributed by atoms with van der Waals surface area (Å²) in [4.78, 5) is 36.7. The Hall–Kier alpha value is -2.44. The number of carboxylic acid groups (broad SMARTS) is 1. The standard InChI is InChI=1S/C19H24FNO5/c1-2-26-18(23)12-17(22)14-9-10-21(19(24)25)16(11-14)8-5-13-3-6-15(20)7-4-13/h3-4,6-7,14,16H,2,5,8-12H2,1H3,(H,24,25). The lowest BCUT2D eigenvalue weighted by Gasteiger charge is -2.37. The average molecular weight is 365 g/mol. The minimum atomic E-state index is -1.01. The Morgan fingerprint density at radius 3 is 2.58 bits per heavy atom. The first-order valence-corrected chi connectivity index (χ1v) is 8.83. The molecule has 2 rings (SSSR count). The Kier molecular flexibility index (Phi) is 7.12. The highest BCUT2D eigenvalue weighted by Crippen LogP contribution is 2.28. The number of hydrogen-bond donors (Lipinski definition) is 1. The van der Waals surface area contributed by atoms with E-state index in [1.54, 1.807) is 19.1 Å². The van der Waals surface area contributed by atoms with Crippen molar-refractivity contribution in [1.29, 1.82) is 0 Å². The molecule has 0 aromatic heterocycles. The number of Topliss-reactive ketones (excluding diaryl/α,β-unsaturated/α-hetero) is 1. The van der Waals surface area contributed by atoms with Gasteiger partial charge in [-0.1, -0.05) is 12.1 Å². The fourth-order valence-electron chi connectivity index (χ4n) is 3.35. The van der Waals surface area contributed by atoms with Crippen molar-refractivity contribution in [1.82, 2.24) is 4.90 Å². The highest BCUT2D eigenvalue weighted by Gasteiger charge is 2.35. The molecular weight excluding hydrogens is 341 g/mol. The molecule has 1 amide bonds. The summed E-state index contributed by atoms with van der Waals surface area (Å²) < 4.78 is 17.8. The predicted molar refractivity (Wildman–Crippen MR) is 92.2 cm³/mol. The average Bonchev–Trinajstić information content (AvgIpc) is 2.61. The molecule has 2 unspecified atom stereocenters. The zero-order valence-corrected chi connectivity index (χ0v) is 14.8. The monoisotopic (exact) mass is 365 g/mol. The van der Waals surface area contributed by atoms with Gasteiger partial charge in [-0.3, -0.25) is 9.59 Å². The number of aryl methyl sites for hydroxylation is 1. The zero-order valence-electron chi connectivity index (χ0n) is 14.8. The number of halogens is 1. The lowest BCUT2D eigenvalue weighted by molar-refractivity contribution is -0.146. The minimum absolute atomic E-state index is 0.194. The van der Waals surface area contributed by atoms with Gasteiger partial charge in [-0.25, -0.2) is 9.18 Å². The summed E-state index contributed by atoms with van der Waals surface area (Å²) in [5, 5.41) is 9.40. The summed E-state index contributed by atoms with van der Waals surface area (Å²) in [6.07, 6.45) is 0.666. The number of rotatable bonds is 7. The van der Waals surface area contributed by atoms with Crippen LogP contribution in [0.2, 0.25) is 0 Å². The number of benzene rings is 1. The van der Waals surface area contributed by atoms with Gasteiger partial charge in [0, 0.05) is 18.5 Å². The van der Waals surface area contributed by atoms with Gasteiger partial charge in [-0.2, -0.15) is 0 Å². The summed E-state index contributed by atoms with van der Waals surface area (Å²) >= 11 is 0. The van der Waals surface area contributed by atoms with Crippen molar-refractivity contribution >= 4 is 17.8 Å². The molecule has 0 radical (unpaired) electrons. The zero-order chi connectivity index (χ0) is 19.1. The molecule has 142 valence electrons. The van der Waals surface area contributed by atoms with Crippen molar-refractivity contribution < 1.29 is 28.6 Å². The third kappa shape index (κ3) is 5.54. The SMILES string of the molecule is CCOC(=O)CC(=O)C1CCN(C(=O)O)C(CCc2ccc(F)cc2)C1. The number of ketones is 1. The van der Waals surface area contributed by atoms with Crippen LogP contribution in [-0.4, -0.2) is 47.0 Å². The molecule has 6 nitrogen and oxygen atoms in total. The van der Waals surface area contributed by atoms with Gasteiger partial charge < -0.3 is 14.7 Å². The molecule has 0 spiro atoms. The lowest BCUT2D eigenvalue weighted by Crippen LogP contribution is -2.47. The number of amides is 1. The quantitative estimate of drug-likeness (QED) is 0.593. The topological polar surface area (TPSA) is 83.9 Å². The van der Waals surface area contributed by atoms with E-state index in [0.717, 1.165) is 5.56 Å². The number of carbonyl (C=O) groups is 3. The fourth-order valence-corrected chi connectivity index (χ4v) is 3.35. The normalized spacial score (nSPS) is 19.8. The molecule has 1 saturated heterocycles. The Morgan fingerprint density at radius 1 is 1.27 bits per heavy atom. The maximum atomic E-state index is 13.0. The van der Waals surface area contributed by atoms with Gasteiger partial charge in [-0.15, -0.1) is 0 Å². The highest BCUT2D eigenvalue weighted by molar-refractivity contribution is 5.96. The van der Waals surface area contributed by atoms with Gasteiger partial charge in [-0.05, 0) is 50.3 Å². The first-order valence-electron chi connectivity index (χ1n) is 8.83. The summed E-state index contributed by atoms with van der Waals surface area (Å²) in [6.45, 7) is 2.17. The van der Waals surface area contributed by atoms with E-state index >= 15 is 0 Å². The third-order valence-corrected chi connectivity index (χ3v) is 4.72. The molecule has 7 heteroatoms. The van der Waals surface area contributed by atoms with Crippen molar-refractivity contribution in [2.45, 2.75) is 45.1 Å². The van der Waals surface area contributed by atoms with Crippen molar-refractivity contribution in [3.8, 4) is 0 Å². The maximum Gasteiger partial charge on any atom is 0.407 e. The largest absolute Gasteiger partial charge is 0.466 e. The summed E-state index contributed by atoms with van der Waals surface area (Å²) in [5.41, 5.74) is 0.914. The van der Waals surface area contributed by atoms with Crippen LogP contribution >= 0.6 is 0 Å². The number of hydrogen-bond acceptors (Lipinski definition) is 4. The van der Waals surface area contributed by atoms with Crippen molar-refractivity contribution in [3.05, 3.63) is 35.6 Å². The van der Waals surface area contributed by atoms with E-state index < -0.39 is 12.1 Å². The highest BCUT2D eigenvalue weighted by atomic mass is 19.1. The van der Waals surface area contributed by atoms with Crippen LogP contribution in [0, 0.1) is 11.7 Å². The molecule has 1 N–H and O–H groups in total. The van der Waals surface area contributed by atoms with Gasteiger partial charge >= 0.3 is 12.1 Å². The second kappa shape index (κ2) is 9.31. The molecule has 1 aromatic rings. The molecule has 0 saturated carbocycles. The van der Waals surface area contributed by atoms with E-state index in [4.69, 9.17) is 4.74 Å². The lowest BCUT2D eigenvalue weighted by atomic mass is 9.84. The predicted octanol–water partition coefficient (Wildman–Crippen LogP) is 3.04. The number of nitrogens with zero attached hydrogens (tertiary/aromatic N) is 1. The molecule has 1 aliphatic rings. The van der Waals surface area contributed by atoms with E-state index in [9.17, 15) is 23.9 Å². The fraction of sp³-hybridized carbons (Fsp3) is 0.526. The molecule has 26 heavy (non-hydrogen) atoms. The Labute approximate surface area is 151 Å². The first kappa shape index (κ1) is 19.9. The summed E-state index contributed by atoms with van der Waals surface area (Å²) in [6, 6.07) is 5.79. The number of piperidine rings is 1. The van der Waals surface area contributed by atoms with Crippen LogP contribution in [0.1, 0.15) is 38.2 Å². The second-order valence-electron chi connectivity index (χ2n) is 6.46. The molecule has 1 aliphatic heterocycles. The Bertz CT molecular complexity index is 646. The van der Waals surface area contributed by atoms with Gasteiger partial charge in [0.1, 0.15) is 18.0 Å². The smallest absolute Gasteiger partial charge is 0.407 e. The molecule has 0 aliphatic carbocycles. The van der Waals surface area contributed by atoms with Crippen molar-refractivity contribution in [2.75, 3.05) is 13.2 Å². The summed E-state index contributed by atoms with van der Waals surface area (Å²) in [5.74, 6) is -1.39. The number of esters is 1. The van der Waals surface area contributed by atoms with E-state index in [1.165, 1.54) is 17.0 Å². The van der Waals surface area contributed by atoms with Crippen LogP contribution in [0.25, 0.3) is 0 Å². The van der Waals surface area contributed by atoms with Crippen LogP contribution in [-0.2, 0) is 20.7 Å². The van der Waals surface area contributed by atoms with Crippen LogP contribution in [0.4, 0.5) is 9.18 Å². The molecule has 1 fully saturated rings. The van der Waals surface area contributed by atoms with Crippen molar-refractivity contribution in [2.24, 2.45) is 5.92 Å². The maximum absolute atomic E-state index is 13.0. The summed E-state index contributed by atoms with van der Waals surface area (Å²) in [7, 11) is 0. The number of ether oxygens (including phenoxy) is 1. The molecular formula is C19H24FNO5. The van der Waals surface area contributed by atoms with Gasteiger partial charge in [0.05, 0.1) is 6.61 Å². The number of carbonyl (C=O) groups excluding carboxylic acids is 2. The van der Waals surface area contributed by atoms with E-state index in [0.29, 0.717) is 25.7 Å². The Balaban J connectivity index is 1.97. The van der Waals surface area contributed by atoms with Crippen LogP contribution in [0.15, 0.2) is 24.3 Å². The van der Waals surface area contributed by atoms with E-state index in [2.05, 4.69) is 0 Å². The van der Waals surface area contributed by atoms with Gasteiger partial charge in [0.2, 0.25) is 0 Å². The second-order valence-corrected chi connectivity index (χ2v) is 6.46. The van der Waals surface area contributed by atoms with Crippen LogP contribution in [0.5, 0.6) is 0 Å². The molecule has 1 aromatic carbocycles. The van der Waals surface area contributed by atoms with Gasteiger partial charge in [0.25, 0.3) is 0 Å². The van der Waals surface area contributed by atoms with Gasteiger partial charge in [0.15, 0.2) is 0 Å². The van der Waals surface area contributed by atoms with E-state index in [-0.39, 0.29) is 43.1 Å². The molecule has 0 bridgehead atoms. The molecule has 2 atom stereocenters.